The maximum absolute atomic E-state index is 11.9. The van der Waals surface area contributed by atoms with Gasteiger partial charge in [-0.1, -0.05) is 40.5 Å². The number of hydrogen-bond acceptors (Lipinski definition) is 2. The van der Waals surface area contributed by atoms with E-state index >= 15 is 0 Å². The molecule has 102 valence electrons. The van der Waals surface area contributed by atoms with Gasteiger partial charge in [0, 0.05) is 18.5 Å². The molecule has 0 aliphatic rings. The van der Waals surface area contributed by atoms with Gasteiger partial charge in [0.25, 0.3) is 0 Å². The number of carbonyl (C=O) groups is 1. The second kappa shape index (κ2) is 7.70. The van der Waals surface area contributed by atoms with Crippen LogP contribution in [0.4, 0.5) is 0 Å². The molecule has 0 aromatic carbocycles. The quantitative estimate of drug-likeness (QED) is 0.687. The Kier molecular flexibility index (Phi) is 7.44. The second-order valence-corrected chi connectivity index (χ2v) is 6.01. The molecule has 0 aromatic rings. The predicted molar refractivity (Wildman–Crippen MR) is 73.7 cm³/mol. The Morgan fingerprint density at radius 3 is 2.35 bits per heavy atom. The van der Waals surface area contributed by atoms with Crippen LogP contribution < -0.4 is 11.1 Å². The van der Waals surface area contributed by atoms with Gasteiger partial charge in [-0.2, -0.15) is 0 Å². The highest BCUT2D eigenvalue weighted by atomic mass is 16.1. The highest BCUT2D eigenvalue weighted by molar-refractivity contribution is 5.77. The fourth-order valence-corrected chi connectivity index (χ4v) is 2.39. The van der Waals surface area contributed by atoms with Crippen LogP contribution in [0, 0.1) is 11.8 Å². The minimum atomic E-state index is -0.253. The van der Waals surface area contributed by atoms with E-state index < -0.39 is 0 Å². The van der Waals surface area contributed by atoms with Crippen molar-refractivity contribution in [3.05, 3.63) is 0 Å². The zero-order valence-electron chi connectivity index (χ0n) is 12.2. The lowest BCUT2D eigenvalue weighted by Crippen LogP contribution is -2.52. The smallest absolute Gasteiger partial charge is 0.220 e. The largest absolute Gasteiger partial charge is 0.350 e. The lowest BCUT2D eigenvalue weighted by molar-refractivity contribution is -0.123. The maximum Gasteiger partial charge on any atom is 0.220 e. The molecule has 17 heavy (non-hydrogen) atoms. The van der Waals surface area contributed by atoms with Gasteiger partial charge in [0.15, 0.2) is 0 Å². The molecule has 0 heterocycles. The molecule has 1 amide bonds. The summed E-state index contributed by atoms with van der Waals surface area (Å²) in [7, 11) is 0. The van der Waals surface area contributed by atoms with Gasteiger partial charge < -0.3 is 11.1 Å². The molecule has 0 saturated heterocycles. The first-order valence-corrected chi connectivity index (χ1v) is 6.84. The Morgan fingerprint density at radius 1 is 1.35 bits per heavy atom. The highest BCUT2D eigenvalue weighted by Crippen LogP contribution is 2.17. The van der Waals surface area contributed by atoms with Crippen LogP contribution in [-0.2, 0) is 4.79 Å². The van der Waals surface area contributed by atoms with Gasteiger partial charge in [0.1, 0.15) is 0 Å². The van der Waals surface area contributed by atoms with Crippen molar-refractivity contribution in [2.75, 3.05) is 6.54 Å². The van der Waals surface area contributed by atoms with Gasteiger partial charge in [-0.05, 0) is 25.2 Å². The van der Waals surface area contributed by atoms with Gasteiger partial charge >= 0.3 is 0 Å². The number of nitrogens with one attached hydrogen (secondary N) is 1. The van der Waals surface area contributed by atoms with Crippen molar-refractivity contribution >= 4 is 5.91 Å². The zero-order valence-corrected chi connectivity index (χ0v) is 12.2. The molecule has 0 radical (unpaired) electrons. The number of hydrogen-bond donors (Lipinski definition) is 2. The summed E-state index contributed by atoms with van der Waals surface area (Å²) in [5.74, 6) is 1.14. The first kappa shape index (κ1) is 16.4. The Bertz CT molecular complexity index is 228. The third-order valence-corrected chi connectivity index (χ3v) is 3.07. The fraction of sp³-hybridized carbons (Fsp3) is 0.929. The molecule has 0 aliphatic heterocycles. The van der Waals surface area contributed by atoms with E-state index in [2.05, 4.69) is 33.0 Å². The summed E-state index contributed by atoms with van der Waals surface area (Å²) in [6.45, 7) is 11.1. The average Bonchev–Trinajstić information content (AvgIpc) is 2.15. The second-order valence-electron chi connectivity index (χ2n) is 6.01. The van der Waals surface area contributed by atoms with Crippen molar-refractivity contribution in [1.29, 1.82) is 0 Å². The van der Waals surface area contributed by atoms with E-state index in [1.54, 1.807) is 0 Å². The third-order valence-electron chi connectivity index (χ3n) is 3.07. The Hall–Kier alpha value is -0.570. The van der Waals surface area contributed by atoms with Crippen LogP contribution in [-0.4, -0.2) is 18.0 Å². The summed E-state index contributed by atoms with van der Waals surface area (Å²) in [5, 5.41) is 3.10. The van der Waals surface area contributed by atoms with Crippen LogP contribution in [0.1, 0.15) is 60.3 Å². The van der Waals surface area contributed by atoms with Crippen LogP contribution in [0.25, 0.3) is 0 Å². The van der Waals surface area contributed by atoms with E-state index in [1.807, 2.05) is 6.92 Å². The van der Waals surface area contributed by atoms with Crippen LogP contribution in [0.15, 0.2) is 0 Å². The van der Waals surface area contributed by atoms with E-state index in [4.69, 9.17) is 5.73 Å². The van der Waals surface area contributed by atoms with Crippen molar-refractivity contribution in [1.82, 2.24) is 5.32 Å². The fourth-order valence-electron chi connectivity index (χ4n) is 2.39. The standard InChI is InChI=1S/C14H30N2O/c1-6-7-12(4)8-13(17)16-14(5,10-15)9-11(2)3/h11-12H,6-10,15H2,1-5H3,(H,16,17). The third kappa shape index (κ3) is 7.37. The van der Waals surface area contributed by atoms with Gasteiger partial charge in [-0.3, -0.25) is 4.79 Å². The highest BCUT2D eigenvalue weighted by Gasteiger charge is 2.26. The molecule has 3 heteroatoms. The summed E-state index contributed by atoms with van der Waals surface area (Å²) >= 11 is 0. The van der Waals surface area contributed by atoms with Gasteiger partial charge in [-0.15, -0.1) is 0 Å². The van der Waals surface area contributed by atoms with E-state index in [9.17, 15) is 4.79 Å². The van der Waals surface area contributed by atoms with E-state index in [0.29, 0.717) is 24.8 Å². The Morgan fingerprint density at radius 2 is 1.94 bits per heavy atom. The SMILES string of the molecule is CCCC(C)CC(=O)NC(C)(CN)CC(C)C. The maximum atomic E-state index is 11.9. The normalized spacial score (nSPS) is 16.6. The van der Waals surface area contributed by atoms with E-state index in [1.165, 1.54) is 0 Å². The molecule has 3 nitrogen and oxygen atoms in total. The molecule has 2 unspecified atom stereocenters. The lowest BCUT2D eigenvalue weighted by Gasteiger charge is -2.31. The first-order chi connectivity index (χ1) is 7.83. The van der Waals surface area contributed by atoms with Crippen molar-refractivity contribution in [2.24, 2.45) is 17.6 Å². The molecule has 0 spiro atoms. The van der Waals surface area contributed by atoms with Crippen LogP contribution in [0.3, 0.4) is 0 Å². The van der Waals surface area contributed by atoms with Crippen LogP contribution >= 0.6 is 0 Å². The number of amides is 1. The topological polar surface area (TPSA) is 55.1 Å². The van der Waals surface area contributed by atoms with Gasteiger partial charge in [-0.25, -0.2) is 0 Å². The van der Waals surface area contributed by atoms with Gasteiger partial charge in [0.05, 0.1) is 0 Å². The van der Waals surface area contributed by atoms with Crippen LogP contribution in [0.5, 0.6) is 0 Å². The summed E-state index contributed by atoms with van der Waals surface area (Å²) in [4.78, 5) is 11.9. The summed E-state index contributed by atoms with van der Waals surface area (Å²) in [6, 6.07) is 0. The number of nitrogens with two attached hydrogens (primary N) is 1. The molecule has 0 aromatic heterocycles. The molecular formula is C14H30N2O. The Labute approximate surface area is 107 Å². The molecule has 0 bridgehead atoms. The molecule has 0 rings (SSSR count). The predicted octanol–water partition coefficient (Wildman–Crippen LogP) is 2.69. The summed E-state index contributed by atoms with van der Waals surface area (Å²) in [5.41, 5.74) is 5.53. The number of rotatable bonds is 8. The molecule has 0 saturated carbocycles. The zero-order chi connectivity index (χ0) is 13.5. The minimum absolute atomic E-state index is 0.138. The van der Waals surface area contributed by atoms with Crippen molar-refractivity contribution < 1.29 is 4.79 Å². The van der Waals surface area contributed by atoms with E-state index in [-0.39, 0.29) is 11.4 Å². The molecule has 0 fully saturated rings. The summed E-state index contributed by atoms with van der Waals surface area (Å²) in [6.07, 6.45) is 3.78. The van der Waals surface area contributed by atoms with Crippen molar-refractivity contribution in [3.63, 3.8) is 0 Å². The molecule has 3 N–H and O–H groups in total. The van der Waals surface area contributed by atoms with Gasteiger partial charge in [0.2, 0.25) is 5.91 Å². The monoisotopic (exact) mass is 242 g/mol. The lowest BCUT2D eigenvalue weighted by atomic mass is 9.90. The van der Waals surface area contributed by atoms with Crippen LogP contribution in [0.2, 0.25) is 0 Å². The first-order valence-electron chi connectivity index (χ1n) is 6.84. The number of carbonyl (C=O) groups excluding carboxylic acids is 1. The molecule has 0 aliphatic carbocycles. The Balaban J connectivity index is 4.22. The average molecular weight is 242 g/mol. The summed E-state index contributed by atoms with van der Waals surface area (Å²) < 4.78 is 0. The van der Waals surface area contributed by atoms with E-state index in [0.717, 1.165) is 19.3 Å². The molecule has 2 atom stereocenters. The molecular weight excluding hydrogens is 212 g/mol. The minimum Gasteiger partial charge on any atom is -0.350 e. The van der Waals surface area contributed by atoms with Crippen molar-refractivity contribution in [3.8, 4) is 0 Å². The van der Waals surface area contributed by atoms with Crippen molar-refractivity contribution in [2.45, 2.75) is 65.8 Å².